The van der Waals surface area contributed by atoms with Crippen LogP contribution in [0.1, 0.15) is 23.9 Å². The molecule has 1 aromatic heterocycles. The average Bonchev–Trinajstić information content (AvgIpc) is 3.16. The molecule has 3 rings (SSSR count). The fraction of sp³-hybridized carbons (Fsp3) is 0.273. The van der Waals surface area contributed by atoms with Crippen LogP contribution >= 0.6 is 11.8 Å². The van der Waals surface area contributed by atoms with E-state index in [1.165, 1.54) is 17.8 Å². The summed E-state index contributed by atoms with van der Waals surface area (Å²) >= 11 is 1.24. The third-order valence-corrected chi connectivity index (χ3v) is 5.60. The summed E-state index contributed by atoms with van der Waals surface area (Å²) < 4.78 is 15.5. The first kappa shape index (κ1) is 22.5. The SMILES string of the molecule is CCn1c(CNC(=O)Cc2ccccc2)nnc1SCC(=O)Nc1cccc(F)c1C. The number of aromatic nitrogens is 3. The highest BCUT2D eigenvalue weighted by atomic mass is 32.2. The molecule has 0 radical (unpaired) electrons. The van der Waals surface area contributed by atoms with Crippen LogP contribution in [0.15, 0.2) is 53.7 Å². The number of nitrogens with one attached hydrogen (secondary N) is 2. The fourth-order valence-corrected chi connectivity index (χ4v) is 3.78. The predicted molar refractivity (Wildman–Crippen MR) is 118 cm³/mol. The Morgan fingerprint density at radius 1 is 1.06 bits per heavy atom. The number of hydrogen-bond donors (Lipinski definition) is 2. The van der Waals surface area contributed by atoms with Crippen molar-refractivity contribution in [3.05, 3.63) is 71.3 Å². The van der Waals surface area contributed by atoms with E-state index in [0.717, 1.165) is 5.56 Å². The summed E-state index contributed by atoms with van der Waals surface area (Å²) in [7, 11) is 0. The number of thioether (sulfide) groups is 1. The zero-order chi connectivity index (χ0) is 22.2. The molecule has 162 valence electrons. The lowest BCUT2D eigenvalue weighted by molar-refractivity contribution is -0.120. The summed E-state index contributed by atoms with van der Waals surface area (Å²) in [6.07, 6.45) is 0.294. The lowest BCUT2D eigenvalue weighted by atomic mass is 10.1. The number of amides is 2. The topological polar surface area (TPSA) is 88.9 Å². The lowest BCUT2D eigenvalue weighted by Crippen LogP contribution is -2.26. The van der Waals surface area contributed by atoms with Crippen molar-refractivity contribution in [1.82, 2.24) is 20.1 Å². The molecule has 7 nitrogen and oxygen atoms in total. The van der Waals surface area contributed by atoms with Crippen molar-refractivity contribution in [2.24, 2.45) is 0 Å². The van der Waals surface area contributed by atoms with E-state index in [2.05, 4.69) is 20.8 Å². The maximum atomic E-state index is 13.6. The van der Waals surface area contributed by atoms with Crippen LogP contribution < -0.4 is 10.6 Å². The zero-order valence-corrected chi connectivity index (χ0v) is 18.2. The van der Waals surface area contributed by atoms with Gasteiger partial charge in [-0.1, -0.05) is 48.2 Å². The molecule has 3 aromatic rings. The second-order valence-corrected chi connectivity index (χ2v) is 7.77. The molecule has 0 unspecified atom stereocenters. The Hall–Kier alpha value is -3.20. The number of halogens is 1. The van der Waals surface area contributed by atoms with Gasteiger partial charge in [0, 0.05) is 17.8 Å². The van der Waals surface area contributed by atoms with Crippen molar-refractivity contribution in [3.63, 3.8) is 0 Å². The van der Waals surface area contributed by atoms with E-state index in [4.69, 9.17) is 0 Å². The molecule has 31 heavy (non-hydrogen) atoms. The minimum absolute atomic E-state index is 0.101. The van der Waals surface area contributed by atoms with Gasteiger partial charge in [0.2, 0.25) is 11.8 Å². The lowest BCUT2D eigenvalue weighted by Gasteiger charge is -2.10. The van der Waals surface area contributed by atoms with E-state index in [1.807, 2.05) is 41.8 Å². The van der Waals surface area contributed by atoms with Crippen LogP contribution in [0.2, 0.25) is 0 Å². The highest BCUT2D eigenvalue weighted by Crippen LogP contribution is 2.20. The van der Waals surface area contributed by atoms with Crippen LogP contribution in [-0.2, 0) is 29.1 Å². The van der Waals surface area contributed by atoms with Crippen molar-refractivity contribution < 1.29 is 14.0 Å². The Morgan fingerprint density at radius 2 is 1.84 bits per heavy atom. The number of hydrogen-bond acceptors (Lipinski definition) is 5. The quantitative estimate of drug-likeness (QED) is 0.497. The number of nitrogens with zero attached hydrogens (tertiary/aromatic N) is 3. The highest BCUT2D eigenvalue weighted by molar-refractivity contribution is 7.99. The van der Waals surface area contributed by atoms with E-state index in [0.29, 0.717) is 35.2 Å². The molecule has 0 aliphatic heterocycles. The van der Waals surface area contributed by atoms with Gasteiger partial charge in [-0.05, 0) is 31.5 Å². The molecule has 2 N–H and O–H groups in total. The number of benzene rings is 2. The second kappa shape index (κ2) is 10.7. The van der Waals surface area contributed by atoms with E-state index < -0.39 is 0 Å². The van der Waals surface area contributed by atoms with Gasteiger partial charge < -0.3 is 15.2 Å². The van der Waals surface area contributed by atoms with E-state index in [-0.39, 0.29) is 29.9 Å². The number of carbonyl (C=O) groups is 2. The Kier molecular flexibility index (Phi) is 7.77. The normalized spacial score (nSPS) is 10.7. The van der Waals surface area contributed by atoms with Gasteiger partial charge in [-0.3, -0.25) is 9.59 Å². The van der Waals surface area contributed by atoms with Crippen molar-refractivity contribution >= 4 is 29.3 Å². The summed E-state index contributed by atoms with van der Waals surface area (Å²) in [6.45, 7) is 4.41. The number of carbonyl (C=O) groups excluding carboxylic acids is 2. The summed E-state index contributed by atoms with van der Waals surface area (Å²) in [5.41, 5.74) is 1.78. The first-order valence-electron chi connectivity index (χ1n) is 9.88. The first-order chi connectivity index (χ1) is 15.0. The van der Waals surface area contributed by atoms with Crippen LogP contribution in [0, 0.1) is 12.7 Å². The van der Waals surface area contributed by atoms with Crippen LogP contribution in [-0.4, -0.2) is 32.3 Å². The molecule has 0 bridgehead atoms. The van der Waals surface area contributed by atoms with Gasteiger partial charge in [-0.25, -0.2) is 4.39 Å². The molecular weight excluding hydrogens is 417 g/mol. The van der Waals surface area contributed by atoms with Gasteiger partial charge in [0.15, 0.2) is 11.0 Å². The van der Waals surface area contributed by atoms with Crippen molar-refractivity contribution in [1.29, 1.82) is 0 Å². The molecule has 0 aliphatic carbocycles. The molecule has 0 spiro atoms. The molecule has 0 aliphatic rings. The van der Waals surface area contributed by atoms with Gasteiger partial charge in [0.25, 0.3) is 0 Å². The standard InChI is InChI=1S/C22H24FN5O2S/c1-3-28-19(13-24-20(29)12-16-8-5-4-6-9-16)26-27-22(28)31-14-21(30)25-18-11-7-10-17(23)15(18)2/h4-11H,3,12-14H2,1-2H3,(H,24,29)(H,25,30). The van der Waals surface area contributed by atoms with Crippen LogP contribution in [0.4, 0.5) is 10.1 Å². The van der Waals surface area contributed by atoms with Gasteiger partial charge in [0.05, 0.1) is 18.7 Å². The molecule has 2 aromatic carbocycles. The third-order valence-electron chi connectivity index (χ3n) is 4.64. The molecule has 1 heterocycles. The monoisotopic (exact) mass is 441 g/mol. The Morgan fingerprint density at radius 3 is 2.58 bits per heavy atom. The Balaban J connectivity index is 1.54. The average molecular weight is 442 g/mol. The summed E-state index contributed by atoms with van der Waals surface area (Å²) in [4.78, 5) is 24.5. The highest BCUT2D eigenvalue weighted by Gasteiger charge is 2.15. The largest absolute Gasteiger partial charge is 0.349 e. The van der Waals surface area contributed by atoms with Crippen molar-refractivity contribution in [3.8, 4) is 0 Å². The zero-order valence-electron chi connectivity index (χ0n) is 17.4. The summed E-state index contributed by atoms with van der Waals surface area (Å²) in [5, 5.41) is 14.5. The maximum Gasteiger partial charge on any atom is 0.234 e. The van der Waals surface area contributed by atoms with E-state index in [1.54, 1.807) is 19.1 Å². The summed E-state index contributed by atoms with van der Waals surface area (Å²) in [5.74, 6) is -0.00468. The molecule has 2 amide bonds. The molecular formula is C22H24FN5O2S. The van der Waals surface area contributed by atoms with Gasteiger partial charge in [-0.2, -0.15) is 0 Å². The molecule has 9 heteroatoms. The van der Waals surface area contributed by atoms with Crippen LogP contribution in [0.25, 0.3) is 0 Å². The van der Waals surface area contributed by atoms with Crippen LogP contribution in [0.5, 0.6) is 0 Å². The fourth-order valence-electron chi connectivity index (χ4n) is 2.95. The first-order valence-corrected chi connectivity index (χ1v) is 10.9. The third kappa shape index (κ3) is 6.14. The van der Waals surface area contributed by atoms with E-state index >= 15 is 0 Å². The van der Waals surface area contributed by atoms with Gasteiger partial charge in [-0.15, -0.1) is 10.2 Å². The van der Waals surface area contributed by atoms with Crippen molar-refractivity contribution in [2.75, 3.05) is 11.1 Å². The van der Waals surface area contributed by atoms with Crippen molar-refractivity contribution in [2.45, 2.75) is 38.5 Å². The van der Waals surface area contributed by atoms with Gasteiger partial charge in [0.1, 0.15) is 5.82 Å². The molecule has 0 atom stereocenters. The van der Waals surface area contributed by atoms with Gasteiger partial charge >= 0.3 is 0 Å². The minimum atomic E-state index is -0.366. The Bertz CT molecular complexity index is 1060. The van der Waals surface area contributed by atoms with Crippen LogP contribution in [0.3, 0.4) is 0 Å². The molecule has 0 saturated carbocycles. The van der Waals surface area contributed by atoms with E-state index in [9.17, 15) is 14.0 Å². The maximum absolute atomic E-state index is 13.6. The Labute approximate surface area is 184 Å². The summed E-state index contributed by atoms with van der Waals surface area (Å²) in [6, 6.07) is 14.1. The number of anilines is 1. The second-order valence-electron chi connectivity index (χ2n) is 6.83. The minimum Gasteiger partial charge on any atom is -0.349 e. The predicted octanol–water partition coefficient (Wildman–Crippen LogP) is 3.34. The smallest absolute Gasteiger partial charge is 0.234 e. The molecule has 0 fully saturated rings. The number of rotatable bonds is 9. The molecule has 0 saturated heterocycles.